The van der Waals surface area contributed by atoms with Gasteiger partial charge in [-0.3, -0.25) is 9.69 Å². The van der Waals surface area contributed by atoms with Crippen LogP contribution in [0.3, 0.4) is 0 Å². The average Bonchev–Trinajstić information content (AvgIpc) is 2.85. The minimum Gasteiger partial charge on any atom is -0.359 e. The highest BCUT2D eigenvalue weighted by Gasteiger charge is 2.29. The molecule has 76 valence electrons. The molecule has 0 bridgehead atoms. The topological polar surface area (TPSA) is 46.3 Å². The summed E-state index contributed by atoms with van der Waals surface area (Å²) in [6.07, 6.45) is 4.54. The molecule has 14 heavy (non-hydrogen) atoms. The Labute approximate surface area is 82.9 Å². The zero-order valence-electron chi connectivity index (χ0n) is 8.27. The third-order valence-electron chi connectivity index (χ3n) is 2.83. The molecular formula is C10H14N2O2. The number of carbonyl (C=O) groups is 1. The van der Waals surface area contributed by atoms with E-state index in [-0.39, 0.29) is 6.04 Å². The Morgan fingerprint density at radius 1 is 1.79 bits per heavy atom. The van der Waals surface area contributed by atoms with E-state index in [1.807, 2.05) is 0 Å². The number of aldehydes is 1. The molecule has 1 aliphatic heterocycles. The van der Waals surface area contributed by atoms with Gasteiger partial charge in [-0.1, -0.05) is 12.1 Å². The Bertz CT molecular complexity index is 322. The molecule has 1 unspecified atom stereocenters. The minimum atomic E-state index is 0.252. The Hall–Kier alpha value is -1.16. The third-order valence-corrected chi connectivity index (χ3v) is 2.83. The largest absolute Gasteiger partial charge is 0.359 e. The molecule has 1 aromatic heterocycles. The van der Waals surface area contributed by atoms with E-state index in [4.69, 9.17) is 4.52 Å². The van der Waals surface area contributed by atoms with E-state index in [9.17, 15) is 4.79 Å². The Morgan fingerprint density at radius 3 is 3.36 bits per heavy atom. The van der Waals surface area contributed by atoms with Crippen LogP contribution in [0.5, 0.6) is 0 Å². The summed E-state index contributed by atoms with van der Waals surface area (Å²) in [7, 11) is 0. The molecule has 1 saturated heterocycles. The molecular weight excluding hydrogens is 180 g/mol. The maximum atomic E-state index is 10.7. The summed E-state index contributed by atoms with van der Waals surface area (Å²) in [6, 6.07) is 0.252. The summed E-state index contributed by atoms with van der Waals surface area (Å²) < 4.78 is 5.15. The van der Waals surface area contributed by atoms with Gasteiger partial charge in [0.25, 0.3) is 0 Å². The fraction of sp³-hybridized carbons (Fsp3) is 0.600. The molecule has 0 aliphatic carbocycles. The SMILES string of the molecule is CCN1CCCC1c1oncc1C=O. The molecule has 0 radical (unpaired) electrons. The van der Waals surface area contributed by atoms with Crippen molar-refractivity contribution in [1.29, 1.82) is 0 Å². The van der Waals surface area contributed by atoms with Gasteiger partial charge in [-0.15, -0.1) is 0 Å². The molecule has 2 heterocycles. The predicted molar refractivity (Wildman–Crippen MR) is 51.1 cm³/mol. The highest BCUT2D eigenvalue weighted by atomic mass is 16.5. The second kappa shape index (κ2) is 3.92. The summed E-state index contributed by atoms with van der Waals surface area (Å²) in [4.78, 5) is 13.0. The number of hydrogen-bond donors (Lipinski definition) is 0. The van der Waals surface area contributed by atoms with E-state index in [0.717, 1.165) is 38.0 Å². The molecule has 0 spiro atoms. The Balaban J connectivity index is 2.25. The van der Waals surface area contributed by atoms with Crippen molar-refractivity contribution < 1.29 is 9.32 Å². The summed E-state index contributed by atoms with van der Waals surface area (Å²) in [5, 5.41) is 3.67. The van der Waals surface area contributed by atoms with E-state index in [1.54, 1.807) is 0 Å². The van der Waals surface area contributed by atoms with Gasteiger partial charge in [-0.25, -0.2) is 0 Å². The summed E-state index contributed by atoms with van der Waals surface area (Å²) in [5.41, 5.74) is 0.593. The van der Waals surface area contributed by atoms with Crippen LogP contribution in [0, 0.1) is 0 Å². The maximum absolute atomic E-state index is 10.7. The maximum Gasteiger partial charge on any atom is 0.164 e. The van der Waals surface area contributed by atoms with Crippen molar-refractivity contribution in [3.8, 4) is 0 Å². The quantitative estimate of drug-likeness (QED) is 0.686. The van der Waals surface area contributed by atoms with Gasteiger partial charge in [0.05, 0.1) is 17.8 Å². The molecule has 2 rings (SSSR count). The molecule has 4 nitrogen and oxygen atoms in total. The first-order valence-electron chi connectivity index (χ1n) is 5.00. The van der Waals surface area contributed by atoms with E-state index in [0.29, 0.717) is 5.56 Å². The fourth-order valence-corrected chi connectivity index (χ4v) is 2.10. The smallest absolute Gasteiger partial charge is 0.164 e. The fourth-order valence-electron chi connectivity index (χ4n) is 2.10. The first-order chi connectivity index (χ1) is 6.86. The monoisotopic (exact) mass is 194 g/mol. The lowest BCUT2D eigenvalue weighted by atomic mass is 10.1. The van der Waals surface area contributed by atoms with Crippen LogP contribution in [0.25, 0.3) is 0 Å². The van der Waals surface area contributed by atoms with Crippen molar-refractivity contribution >= 4 is 6.29 Å². The van der Waals surface area contributed by atoms with E-state index >= 15 is 0 Å². The van der Waals surface area contributed by atoms with Crippen LogP contribution < -0.4 is 0 Å². The number of carbonyl (C=O) groups excluding carboxylic acids is 1. The van der Waals surface area contributed by atoms with Crippen molar-refractivity contribution in [2.45, 2.75) is 25.8 Å². The molecule has 1 atom stereocenters. The van der Waals surface area contributed by atoms with Gasteiger partial charge >= 0.3 is 0 Å². The summed E-state index contributed by atoms with van der Waals surface area (Å²) in [6.45, 7) is 4.19. The lowest BCUT2D eigenvalue weighted by Crippen LogP contribution is -2.22. The second-order valence-electron chi connectivity index (χ2n) is 3.55. The van der Waals surface area contributed by atoms with E-state index in [1.165, 1.54) is 6.20 Å². The molecule has 1 fully saturated rings. The third kappa shape index (κ3) is 1.46. The van der Waals surface area contributed by atoms with Crippen molar-refractivity contribution in [3.05, 3.63) is 17.5 Å². The van der Waals surface area contributed by atoms with Crippen LogP contribution in [0.2, 0.25) is 0 Å². The molecule has 4 heteroatoms. The van der Waals surface area contributed by atoms with Gasteiger partial charge in [0.2, 0.25) is 0 Å². The number of rotatable bonds is 3. The zero-order chi connectivity index (χ0) is 9.97. The standard InChI is InChI=1S/C10H14N2O2/c1-2-12-5-3-4-9(12)10-8(7-13)6-11-14-10/h6-7,9H,2-5H2,1H3. The molecule has 1 aromatic rings. The van der Waals surface area contributed by atoms with Gasteiger partial charge in [0.1, 0.15) is 0 Å². The first-order valence-corrected chi connectivity index (χ1v) is 5.00. The zero-order valence-corrected chi connectivity index (χ0v) is 8.27. The van der Waals surface area contributed by atoms with E-state index < -0.39 is 0 Å². The molecule has 0 saturated carbocycles. The molecule has 0 amide bonds. The van der Waals surface area contributed by atoms with Crippen molar-refractivity contribution in [2.75, 3.05) is 13.1 Å². The van der Waals surface area contributed by atoms with Gasteiger partial charge in [0, 0.05) is 0 Å². The average molecular weight is 194 g/mol. The molecule has 0 aromatic carbocycles. The number of aromatic nitrogens is 1. The summed E-state index contributed by atoms with van der Waals surface area (Å²) in [5.74, 6) is 0.736. The van der Waals surface area contributed by atoms with Gasteiger partial charge < -0.3 is 4.52 Å². The minimum absolute atomic E-state index is 0.252. The highest BCUT2D eigenvalue weighted by molar-refractivity contribution is 5.75. The lowest BCUT2D eigenvalue weighted by Gasteiger charge is -2.20. The van der Waals surface area contributed by atoms with Gasteiger partial charge in [-0.05, 0) is 25.9 Å². The van der Waals surface area contributed by atoms with Gasteiger partial charge in [0.15, 0.2) is 12.0 Å². The second-order valence-corrected chi connectivity index (χ2v) is 3.55. The number of nitrogens with zero attached hydrogens (tertiary/aromatic N) is 2. The van der Waals surface area contributed by atoms with Crippen molar-refractivity contribution in [3.63, 3.8) is 0 Å². The first kappa shape index (κ1) is 9.40. The van der Waals surface area contributed by atoms with Crippen LogP contribution in [0.15, 0.2) is 10.7 Å². The number of hydrogen-bond acceptors (Lipinski definition) is 4. The number of likely N-dealkylation sites (tertiary alicyclic amines) is 1. The molecule has 1 aliphatic rings. The van der Waals surface area contributed by atoms with Crippen LogP contribution >= 0.6 is 0 Å². The van der Waals surface area contributed by atoms with E-state index in [2.05, 4.69) is 17.0 Å². The summed E-state index contributed by atoms with van der Waals surface area (Å²) >= 11 is 0. The normalized spacial score (nSPS) is 22.8. The van der Waals surface area contributed by atoms with Crippen LogP contribution in [-0.2, 0) is 0 Å². The van der Waals surface area contributed by atoms with Crippen molar-refractivity contribution in [1.82, 2.24) is 10.1 Å². The predicted octanol–water partition coefficient (Wildman–Crippen LogP) is 1.64. The van der Waals surface area contributed by atoms with Gasteiger partial charge in [-0.2, -0.15) is 0 Å². The Morgan fingerprint density at radius 2 is 2.64 bits per heavy atom. The lowest BCUT2D eigenvalue weighted by molar-refractivity contribution is 0.111. The van der Waals surface area contributed by atoms with Crippen LogP contribution in [-0.4, -0.2) is 29.4 Å². The van der Waals surface area contributed by atoms with Crippen LogP contribution in [0.1, 0.15) is 41.9 Å². The Kier molecular flexibility index (Phi) is 2.63. The van der Waals surface area contributed by atoms with Crippen molar-refractivity contribution in [2.24, 2.45) is 0 Å². The molecule has 0 N–H and O–H groups in total. The van der Waals surface area contributed by atoms with Crippen LogP contribution in [0.4, 0.5) is 0 Å². The highest BCUT2D eigenvalue weighted by Crippen LogP contribution is 2.32.